The van der Waals surface area contributed by atoms with Crippen LogP contribution < -0.4 is 0 Å². The first kappa shape index (κ1) is 24.7. The molecule has 3 aromatic carbocycles. The van der Waals surface area contributed by atoms with Gasteiger partial charge in [-0.3, -0.25) is 10.1 Å². The second-order valence-corrected chi connectivity index (χ2v) is 10.1. The van der Waals surface area contributed by atoms with Crippen molar-refractivity contribution < 1.29 is 4.92 Å². The largest absolute Gasteiger partial charge is 0.269 e. The highest BCUT2D eigenvalue weighted by Crippen LogP contribution is 2.38. The number of hydrogen-bond donors (Lipinski definition) is 0. The fourth-order valence-corrected chi connectivity index (χ4v) is 5.28. The van der Waals surface area contributed by atoms with E-state index in [1.807, 2.05) is 12.1 Å². The van der Waals surface area contributed by atoms with Crippen molar-refractivity contribution in [3.8, 4) is 32.0 Å². The Bertz CT molecular complexity index is 1190. The molecule has 178 valence electrons. The van der Waals surface area contributed by atoms with Crippen LogP contribution in [0.4, 0.5) is 5.69 Å². The van der Waals surface area contributed by atoms with E-state index < -0.39 is 0 Å². The minimum Gasteiger partial charge on any atom is -0.258 e. The van der Waals surface area contributed by atoms with Crippen molar-refractivity contribution in [3.05, 3.63) is 106 Å². The van der Waals surface area contributed by atoms with Crippen LogP contribution in [0.5, 0.6) is 0 Å². The minimum absolute atomic E-state index is 0.112. The van der Waals surface area contributed by atoms with Crippen LogP contribution >= 0.6 is 11.3 Å². The number of non-ortho nitro benzene ring substituents is 1. The van der Waals surface area contributed by atoms with Crippen LogP contribution in [0, 0.1) is 10.1 Å². The summed E-state index contributed by atoms with van der Waals surface area (Å²) in [5, 5.41) is 11.1. The molecule has 0 unspecified atom stereocenters. The number of rotatable bonds is 10. The summed E-state index contributed by atoms with van der Waals surface area (Å²) in [6.07, 6.45) is 7.02. The van der Waals surface area contributed by atoms with E-state index >= 15 is 0 Å². The molecule has 0 radical (unpaired) electrons. The van der Waals surface area contributed by atoms with Crippen LogP contribution in [0.2, 0.25) is 0 Å². The third-order valence-corrected chi connectivity index (χ3v) is 7.47. The number of benzene rings is 3. The fraction of sp³-hybridized carbons (Fsp3) is 0.258. The van der Waals surface area contributed by atoms with Gasteiger partial charge in [-0.15, -0.1) is 0 Å². The summed E-state index contributed by atoms with van der Waals surface area (Å²) < 4.78 is 0. The highest BCUT2D eigenvalue weighted by Gasteiger charge is 2.20. The van der Waals surface area contributed by atoms with E-state index in [4.69, 9.17) is 0 Å². The second-order valence-electron chi connectivity index (χ2n) is 8.98. The van der Waals surface area contributed by atoms with Gasteiger partial charge in [-0.1, -0.05) is 63.1 Å². The lowest BCUT2D eigenvalue weighted by atomic mass is 10.00. The predicted octanol–water partition coefficient (Wildman–Crippen LogP) is 9.62. The smallest absolute Gasteiger partial charge is 0.258 e. The molecule has 0 bridgehead atoms. The Labute approximate surface area is 212 Å². The van der Waals surface area contributed by atoms with E-state index in [-0.39, 0.29) is 10.6 Å². The van der Waals surface area contributed by atoms with E-state index in [2.05, 4.69) is 74.5 Å². The fourth-order valence-electron chi connectivity index (χ4n) is 4.16. The molecule has 3 nitrogen and oxygen atoms in total. The molecule has 0 amide bonds. The first-order valence-electron chi connectivity index (χ1n) is 12.5. The second kappa shape index (κ2) is 11.9. The van der Waals surface area contributed by atoms with Gasteiger partial charge in [0.25, 0.3) is 5.69 Å². The van der Waals surface area contributed by atoms with Crippen LogP contribution in [0.25, 0.3) is 32.0 Å². The molecule has 1 heterocycles. The molecule has 4 aromatic rings. The standard InChI is InChI=1S/C31H32NO2S/c1-3-5-7-23-9-13-25(14-10-23)28-21-30(26-15-11-24(12-16-26)8-6-4-2)35-31(22-28)27-17-19-29(20-18-27)32(33)34/h9-22H,3-8H2,1-2H3/q+1. The Morgan fingerprint density at radius 3 is 1.49 bits per heavy atom. The Kier molecular flexibility index (Phi) is 8.38. The number of nitro groups is 1. The van der Waals surface area contributed by atoms with E-state index in [1.54, 1.807) is 23.5 Å². The number of hydrogen-bond acceptors (Lipinski definition) is 2. The molecule has 0 aliphatic rings. The van der Waals surface area contributed by atoms with Gasteiger partial charge in [0, 0.05) is 35.4 Å². The number of unbranched alkanes of at least 4 members (excludes halogenated alkanes) is 2. The van der Waals surface area contributed by atoms with Gasteiger partial charge in [-0.05, 0) is 72.2 Å². The van der Waals surface area contributed by atoms with Crippen LogP contribution in [0.3, 0.4) is 0 Å². The summed E-state index contributed by atoms with van der Waals surface area (Å²) in [6, 6.07) is 29.1. The first-order chi connectivity index (χ1) is 17.1. The van der Waals surface area contributed by atoms with Gasteiger partial charge in [-0.2, -0.15) is 0 Å². The topological polar surface area (TPSA) is 43.1 Å². The monoisotopic (exact) mass is 482 g/mol. The summed E-state index contributed by atoms with van der Waals surface area (Å²) in [4.78, 5) is 13.1. The highest BCUT2D eigenvalue weighted by molar-refractivity contribution is 7.18. The molecule has 0 saturated heterocycles. The van der Waals surface area contributed by atoms with Crippen molar-refractivity contribution in [2.75, 3.05) is 0 Å². The molecule has 1 aromatic heterocycles. The van der Waals surface area contributed by atoms with Gasteiger partial charge < -0.3 is 0 Å². The molecule has 0 N–H and O–H groups in total. The van der Waals surface area contributed by atoms with Gasteiger partial charge in [-0.25, -0.2) is 0 Å². The van der Waals surface area contributed by atoms with Crippen molar-refractivity contribution in [1.82, 2.24) is 0 Å². The Morgan fingerprint density at radius 1 is 0.629 bits per heavy atom. The first-order valence-corrected chi connectivity index (χ1v) is 13.3. The average molecular weight is 483 g/mol. The highest BCUT2D eigenvalue weighted by atomic mass is 32.1. The van der Waals surface area contributed by atoms with Crippen LogP contribution in [-0.2, 0) is 12.8 Å². The third kappa shape index (κ3) is 6.40. The van der Waals surface area contributed by atoms with Gasteiger partial charge in [0.05, 0.1) is 4.92 Å². The molecule has 0 fully saturated rings. The molecular formula is C31H32NO2S+. The van der Waals surface area contributed by atoms with E-state index in [0.29, 0.717) is 0 Å². The summed E-state index contributed by atoms with van der Waals surface area (Å²) in [5.74, 6) is 0. The number of nitrogens with zero attached hydrogens (tertiary/aromatic N) is 1. The normalized spacial score (nSPS) is 10.9. The van der Waals surface area contributed by atoms with Crippen LogP contribution in [-0.4, -0.2) is 4.92 Å². The third-order valence-electron chi connectivity index (χ3n) is 6.32. The summed E-state index contributed by atoms with van der Waals surface area (Å²) in [6.45, 7) is 4.44. The zero-order chi connectivity index (χ0) is 24.6. The Morgan fingerprint density at radius 2 is 1.06 bits per heavy atom. The molecule has 4 heteroatoms. The van der Waals surface area contributed by atoms with Crippen LogP contribution in [0.1, 0.15) is 50.7 Å². The lowest BCUT2D eigenvalue weighted by molar-refractivity contribution is -0.384. The molecule has 0 atom stereocenters. The Balaban J connectivity index is 1.74. The van der Waals surface area contributed by atoms with Crippen molar-refractivity contribution in [3.63, 3.8) is 0 Å². The molecule has 0 saturated carbocycles. The quantitative estimate of drug-likeness (QED) is 0.128. The van der Waals surface area contributed by atoms with Gasteiger partial charge in [0.2, 0.25) is 21.1 Å². The summed E-state index contributed by atoms with van der Waals surface area (Å²) in [7, 11) is 0. The summed E-state index contributed by atoms with van der Waals surface area (Å²) in [5.41, 5.74) is 7.37. The zero-order valence-corrected chi connectivity index (χ0v) is 21.3. The maximum absolute atomic E-state index is 11.1. The average Bonchev–Trinajstić information content (AvgIpc) is 2.91. The van der Waals surface area contributed by atoms with Gasteiger partial charge in [0.15, 0.2) is 0 Å². The molecular weight excluding hydrogens is 450 g/mol. The molecule has 35 heavy (non-hydrogen) atoms. The van der Waals surface area contributed by atoms with Crippen molar-refractivity contribution >= 4 is 17.0 Å². The van der Waals surface area contributed by atoms with Gasteiger partial charge >= 0.3 is 0 Å². The summed E-state index contributed by atoms with van der Waals surface area (Å²) >= 11 is 1.72. The molecule has 0 aliphatic heterocycles. The van der Waals surface area contributed by atoms with Crippen molar-refractivity contribution in [2.45, 2.75) is 52.4 Å². The Hall–Kier alpha value is -3.37. The minimum atomic E-state index is -0.352. The van der Waals surface area contributed by atoms with E-state index in [9.17, 15) is 10.1 Å². The van der Waals surface area contributed by atoms with Crippen LogP contribution in [0.15, 0.2) is 84.9 Å². The molecule has 4 rings (SSSR count). The van der Waals surface area contributed by atoms with Gasteiger partial charge in [0.1, 0.15) is 0 Å². The molecule has 0 spiro atoms. The molecule has 0 aliphatic carbocycles. The lowest BCUT2D eigenvalue weighted by Crippen LogP contribution is -1.88. The lowest BCUT2D eigenvalue weighted by Gasteiger charge is -2.06. The maximum atomic E-state index is 11.1. The number of aryl methyl sites for hydroxylation is 2. The SMILES string of the molecule is CCCCc1ccc(-c2cc(-c3ccc(CCCC)cc3)[s+]c(-c3ccc([N+](=O)[O-])cc3)c2)cc1. The van der Waals surface area contributed by atoms with E-state index in [1.165, 1.54) is 52.8 Å². The number of nitro benzene ring substituents is 1. The van der Waals surface area contributed by atoms with Crippen molar-refractivity contribution in [2.24, 2.45) is 0 Å². The predicted molar refractivity (Wildman–Crippen MR) is 149 cm³/mol. The maximum Gasteiger partial charge on any atom is 0.269 e. The van der Waals surface area contributed by atoms with E-state index in [0.717, 1.165) is 28.8 Å². The zero-order valence-electron chi connectivity index (χ0n) is 20.5. The van der Waals surface area contributed by atoms with Crippen molar-refractivity contribution in [1.29, 1.82) is 0 Å².